The summed E-state index contributed by atoms with van der Waals surface area (Å²) in [6, 6.07) is 3.13. The van der Waals surface area contributed by atoms with Crippen molar-refractivity contribution in [3.05, 3.63) is 40.7 Å². The average Bonchev–Trinajstić information content (AvgIpc) is 2.64. The van der Waals surface area contributed by atoms with Crippen molar-refractivity contribution in [2.75, 3.05) is 0 Å². The van der Waals surface area contributed by atoms with E-state index in [1.165, 1.54) is 12.3 Å². The predicted molar refractivity (Wildman–Crippen MR) is 66.1 cm³/mol. The molecular weight excluding hydrogens is 257 g/mol. The highest BCUT2D eigenvalue weighted by Crippen LogP contribution is 2.23. The third-order valence-electron chi connectivity index (χ3n) is 2.59. The van der Waals surface area contributed by atoms with Crippen molar-refractivity contribution in [1.82, 2.24) is 14.8 Å². The fraction of sp³-hybridized carbons (Fsp3) is 0.333. The molecular formula is C12H13ClFN3O. The van der Waals surface area contributed by atoms with E-state index < -0.39 is 5.95 Å². The molecule has 0 aromatic carbocycles. The SMILES string of the molecule is CCc1nn(C)c(COc2cccnc2F)c1Cl. The molecule has 18 heavy (non-hydrogen) atoms. The van der Waals surface area contributed by atoms with Gasteiger partial charge in [-0.1, -0.05) is 18.5 Å². The molecule has 0 radical (unpaired) electrons. The lowest BCUT2D eigenvalue weighted by Crippen LogP contribution is -2.04. The van der Waals surface area contributed by atoms with Gasteiger partial charge in [-0.25, -0.2) is 4.98 Å². The standard InChI is InChI=1S/C12H13ClFN3O/c1-3-8-11(13)9(17(2)16-8)7-18-10-5-4-6-15-12(10)14/h4-6H,3,7H2,1-2H3. The second-order valence-corrected chi connectivity index (χ2v) is 4.14. The Kier molecular flexibility index (Phi) is 3.81. The van der Waals surface area contributed by atoms with E-state index in [9.17, 15) is 4.39 Å². The van der Waals surface area contributed by atoms with Gasteiger partial charge in [0.05, 0.1) is 16.4 Å². The van der Waals surface area contributed by atoms with Crippen LogP contribution >= 0.6 is 11.6 Å². The molecule has 0 amide bonds. The monoisotopic (exact) mass is 269 g/mol. The molecule has 2 aromatic rings. The van der Waals surface area contributed by atoms with Crippen molar-refractivity contribution in [1.29, 1.82) is 0 Å². The van der Waals surface area contributed by atoms with Crippen LogP contribution in [0.15, 0.2) is 18.3 Å². The molecule has 0 fully saturated rings. The van der Waals surface area contributed by atoms with E-state index in [0.29, 0.717) is 5.02 Å². The van der Waals surface area contributed by atoms with Gasteiger partial charge >= 0.3 is 0 Å². The van der Waals surface area contributed by atoms with Crippen molar-refractivity contribution < 1.29 is 9.13 Å². The Morgan fingerprint density at radius 1 is 1.50 bits per heavy atom. The van der Waals surface area contributed by atoms with Gasteiger partial charge in [0, 0.05) is 13.2 Å². The van der Waals surface area contributed by atoms with Crippen molar-refractivity contribution in [3.63, 3.8) is 0 Å². The van der Waals surface area contributed by atoms with Crippen LogP contribution in [0, 0.1) is 5.95 Å². The normalized spacial score (nSPS) is 10.7. The smallest absolute Gasteiger partial charge is 0.255 e. The highest BCUT2D eigenvalue weighted by Gasteiger charge is 2.14. The van der Waals surface area contributed by atoms with E-state index >= 15 is 0 Å². The van der Waals surface area contributed by atoms with Crippen molar-refractivity contribution in [2.24, 2.45) is 7.05 Å². The van der Waals surface area contributed by atoms with Crippen LogP contribution in [0.1, 0.15) is 18.3 Å². The minimum atomic E-state index is -0.633. The third kappa shape index (κ3) is 2.46. The number of pyridine rings is 1. The van der Waals surface area contributed by atoms with Gasteiger partial charge in [0.15, 0.2) is 5.75 Å². The van der Waals surface area contributed by atoms with E-state index in [1.54, 1.807) is 17.8 Å². The molecule has 0 bridgehead atoms. The van der Waals surface area contributed by atoms with E-state index in [-0.39, 0.29) is 12.4 Å². The molecule has 0 atom stereocenters. The average molecular weight is 270 g/mol. The topological polar surface area (TPSA) is 39.9 Å². The summed E-state index contributed by atoms with van der Waals surface area (Å²) in [7, 11) is 1.78. The zero-order valence-electron chi connectivity index (χ0n) is 10.2. The maximum Gasteiger partial charge on any atom is 0.255 e. The number of ether oxygens (including phenoxy) is 1. The first-order chi connectivity index (χ1) is 8.63. The predicted octanol–water partition coefficient (Wildman–Crippen LogP) is 2.75. The molecule has 0 aliphatic rings. The Morgan fingerprint density at radius 2 is 2.28 bits per heavy atom. The number of hydrogen-bond donors (Lipinski definition) is 0. The molecule has 0 aliphatic heterocycles. The minimum Gasteiger partial charge on any atom is -0.482 e. The fourth-order valence-corrected chi connectivity index (χ4v) is 1.95. The largest absolute Gasteiger partial charge is 0.482 e. The van der Waals surface area contributed by atoms with Gasteiger partial charge in [0.2, 0.25) is 0 Å². The number of hydrogen-bond acceptors (Lipinski definition) is 3. The van der Waals surface area contributed by atoms with Crippen molar-refractivity contribution >= 4 is 11.6 Å². The summed E-state index contributed by atoms with van der Waals surface area (Å²) in [6.45, 7) is 2.13. The molecule has 0 saturated heterocycles. The van der Waals surface area contributed by atoms with E-state index in [1.807, 2.05) is 6.92 Å². The Morgan fingerprint density at radius 3 is 2.89 bits per heavy atom. The second-order valence-electron chi connectivity index (χ2n) is 3.77. The van der Waals surface area contributed by atoms with Crippen LogP contribution in [0.3, 0.4) is 0 Å². The molecule has 0 aliphatic carbocycles. The molecule has 0 unspecified atom stereocenters. The van der Waals surface area contributed by atoms with Gasteiger partial charge < -0.3 is 4.74 Å². The van der Waals surface area contributed by atoms with Gasteiger partial charge in [0.25, 0.3) is 5.95 Å². The van der Waals surface area contributed by atoms with E-state index in [0.717, 1.165) is 17.8 Å². The number of rotatable bonds is 4. The Balaban J connectivity index is 2.16. The van der Waals surface area contributed by atoms with Crippen LogP contribution in [0.25, 0.3) is 0 Å². The van der Waals surface area contributed by atoms with Gasteiger partial charge in [-0.15, -0.1) is 0 Å². The molecule has 0 N–H and O–H groups in total. The summed E-state index contributed by atoms with van der Waals surface area (Å²) >= 11 is 6.16. The van der Waals surface area contributed by atoms with Gasteiger partial charge in [-0.3, -0.25) is 4.68 Å². The summed E-state index contributed by atoms with van der Waals surface area (Å²) in [6.07, 6.45) is 2.11. The highest BCUT2D eigenvalue weighted by atomic mass is 35.5. The Hall–Kier alpha value is -1.62. The number of nitrogens with zero attached hydrogens (tertiary/aromatic N) is 3. The molecule has 2 rings (SSSR count). The van der Waals surface area contributed by atoms with Crippen LogP contribution < -0.4 is 4.74 Å². The summed E-state index contributed by atoms with van der Waals surface area (Å²) in [5.74, 6) is -0.528. The van der Waals surface area contributed by atoms with Gasteiger partial charge in [-0.05, 0) is 18.6 Å². The zero-order valence-corrected chi connectivity index (χ0v) is 10.9. The van der Waals surface area contributed by atoms with Crippen LogP contribution in [-0.4, -0.2) is 14.8 Å². The highest BCUT2D eigenvalue weighted by molar-refractivity contribution is 6.31. The summed E-state index contributed by atoms with van der Waals surface area (Å²) in [4.78, 5) is 3.51. The molecule has 6 heteroatoms. The molecule has 2 heterocycles. The molecule has 2 aromatic heterocycles. The second kappa shape index (κ2) is 5.35. The fourth-order valence-electron chi connectivity index (χ4n) is 1.60. The van der Waals surface area contributed by atoms with Crippen LogP contribution in [0.5, 0.6) is 5.75 Å². The van der Waals surface area contributed by atoms with Crippen LogP contribution in [0.4, 0.5) is 4.39 Å². The first kappa shape index (κ1) is 12.8. The lowest BCUT2D eigenvalue weighted by molar-refractivity contribution is 0.276. The molecule has 0 spiro atoms. The van der Waals surface area contributed by atoms with Gasteiger partial charge in [0.1, 0.15) is 6.61 Å². The third-order valence-corrected chi connectivity index (χ3v) is 3.03. The Bertz CT molecular complexity index is 556. The summed E-state index contributed by atoms with van der Waals surface area (Å²) in [5, 5.41) is 4.83. The minimum absolute atomic E-state index is 0.104. The Labute approximate surface area is 109 Å². The first-order valence-electron chi connectivity index (χ1n) is 5.57. The summed E-state index contributed by atoms with van der Waals surface area (Å²) in [5.41, 5.74) is 1.53. The maximum absolute atomic E-state index is 13.3. The van der Waals surface area contributed by atoms with Crippen molar-refractivity contribution in [2.45, 2.75) is 20.0 Å². The lowest BCUT2D eigenvalue weighted by atomic mass is 10.3. The van der Waals surface area contributed by atoms with Gasteiger partial charge in [-0.2, -0.15) is 9.49 Å². The molecule has 96 valence electrons. The van der Waals surface area contributed by atoms with Crippen LogP contribution in [-0.2, 0) is 20.1 Å². The number of halogens is 2. The quantitative estimate of drug-likeness (QED) is 0.802. The van der Waals surface area contributed by atoms with E-state index in [2.05, 4.69) is 10.1 Å². The zero-order chi connectivity index (χ0) is 13.1. The van der Waals surface area contributed by atoms with Crippen molar-refractivity contribution in [3.8, 4) is 5.75 Å². The van der Waals surface area contributed by atoms with E-state index in [4.69, 9.17) is 16.3 Å². The van der Waals surface area contributed by atoms with Crippen LogP contribution in [0.2, 0.25) is 5.02 Å². The molecule has 4 nitrogen and oxygen atoms in total. The number of aryl methyl sites for hydroxylation is 2. The number of aromatic nitrogens is 3. The summed E-state index contributed by atoms with van der Waals surface area (Å²) < 4.78 is 20.3. The first-order valence-corrected chi connectivity index (χ1v) is 5.94. The maximum atomic E-state index is 13.3. The molecule has 0 saturated carbocycles. The lowest BCUT2D eigenvalue weighted by Gasteiger charge is -2.06.